The summed E-state index contributed by atoms with van der Waals surface area (Å²) in [7, 11) is 0. The molecule has 0 aromatic carbocycles. The minimum Gasteiger partial charge on any atom is -0.450 e. The van der Waals surface area contributed by atoms with E-state index in [0.29, 0.717) is 19.1 Å². The Balaban J connectivity index is 1.96. The van der Waals surface area contributed by atoms with E-state index in [-0.39, 0.29) is 6.09 Å². The SMILES string of the molecule is CCOC(=O)N1CC=C2NNCC2C1. The van der Waals surface area contributed by atoms with Gasteiger partial charge < -0.3 is 15.1 Å². The summed E-state index contributed by atoms with van der Waals surface area (Å²) in [5.41, 5.74) is 7.34. The molecule has 1 unspecified atom stereocenters. The molecule has 2 N–H and O–H groups in total. The molecule has 5 nitrogen and oxygen atoms in total. The minimum absolute atomic E-state index is 0.213. The molecule has 1 saturated heterocycles. The number of fused-ring (bicyclic) bond motifs is 1. The van der Waals surface area contributed by atoms with Gasteiger partial charge in [-0.3, -0.25) is 0 Å². The van der Waals surface area contributed by atoms with Crippen LogP contribution in [0.25, 0.3) is 0 Å². The van der Waals surface area contributed by atoms with E-state index in [1.807, 2.05) is 13.0 Å². The van der Waals surface area contributed by atoms with E-state index in [1.165, 1.54) is 5.70 Å². The van der Waals surface area contributed by atoms with Crippen LogP contribution >= 0.6 is 0 Å². The van der Waals surface area contributed by atoms with Crippen LogP contribution < -0.4 is 10.9 Å². The summed E-state index contributed by atoms with van der Waals surface area (Å²) in [5.74, 6) is 0.396. The van der Waals surface area contributed by atoms with Gasteiger partial charge in [0.2, 0.25) is 0 Å². The van der Waals surface area contributed by atoms with E-state index in [9.17, 15) is 4.79 Å². The number of hydrogen-bond donors (Lipinski definition) is 2. The zero-order valence-corrected chi connectivity index (χ0v) is 8.25. The molecule has 1 amide bonds. The Kier molecular flexibility index (Phi) is 2.58. The van der Waals surface area contributed by atoms with E-state index < -0.39 is 0 Å². The highest BCUT2D eigenvalue weighted by Gasteiger charge is 2.29. The normalized spacial score (nSPS) is 25.1. The van der Waals surface area contributed by atoms with Gasteiger partial charge in [-0.1, -0.05) is 0 Å². The van der Waals surface area contributed by atoms with Crippen molar-refractivity contribution in [1.82, 2.24) is 15.8 Å². The van der Waals surface area contributed by atoms with Crippen molar-refractivity contribution < 1.29 is 9.53 Å². The largest absolute Gasteiger partial charge is 0.450 e. The molecule has 2 heterocycles. The van der Waals surface area contributed by atoms with Crippen molar-refractivity contribution in [3.05, 3.63) is 11.8 Å². The van der Waals surface area contributed by atoms with Gasteiger partial charge >= 0.3 is 6.09 Å². The zero-order valence-electron chi connectivity index (χ0n) is 8.25. The third kappa shape index (κ3) is 1.68. The van der Waals surface area contributed by atoms with E-state index in [2.05, 4.69) is 10.9 Å². The maximum absolute atomic E-state index is 11.4. The Labute approximate surface area is 83.1 Å². The average molecular weight is 197 g/mol. The van der Waals surface area contributed by atoms with Crippen molar-refractivity contribution in [3.8, 4) is 0 Å². The van der Waals surface area contributed by atoms with E-state index >= 15 is 0 Å². The Morgan fingerprint density at radius 2 is 2.64 bits per heavy atom. The monoisotopic (exact) mass is 197 g/mol. The first-order chi connectivity index (χ1) is 6.81. The predicted octanol–water partition coefficient (Wildman–Crippen LogP) is 0.0664. The lowest BCUT2D eigenvalue weighted by Gasteiger charge is -2.27. The highest BCUT2D eigenvalue weighted by atomic mass is 16.6. The number of hydrazine groups is 1. The topological polar surface area (TPSA) is 53.6 Å². The third-order valence-electron chi connectivity index (χ3n) is 2.52. The molecule has 0 saturated carbocycles. The molecule has 0 aromatic rings. The van der Waals surface area contributed by atoms with Gasteiger partial charge in [0.25, 0.3) is 0 Å². The van der Waals surface area contributed by atoms with E-state index in [1.54, 1.807) is 4.90 Å². The van der Waals surface area contributed by atoms with Crippen LogP contribution in [0.5, 0.6) is 0 Å². The quantitative estimate of drug-likeness (QED) is 0.624. The number of nitrogens with zero attached hydrogens (tertiary/aromatic N) is 1. The molecular formula is C9H15N3O2. The molecule has 5 heteroatoms. The van der Waals surface area contributed by atoms with Gasteiger partial charge in [-0.25, -0.2) is 10.2 Å². The molecule has 78 valence electrons. The van der Waals surface area contributed by atoms with Gasteiger partial charge in [0.15, 0.2) is 0 Å². The number of rotatable bonds is 1. The Bertz CT molecular complexity index is 265. The Morgan fingerprint density at radius 1 is 1.79 bits per heavy atom. The van der Waals surface area contributed by atoms with Gasteiger partial charge in [0.1, 0.15) is 0 Å². The first kappa shape index (κ1) is 9.33. The summed E-state index contributed by atoms with van der Waals surface area (Å²) < 4.78 is 4.95. The van der Waals surface area contributed by atoms with Crippen LogP contribution in [0.3, 0.4) is 0 Å². The first-order valence-corrected chi connectivity index (χ1v) is 4.92. The number of nitrogens with one attached hydrogen (secondary N) is 2. The standard InChI is InChI=1S/C9H15N3O2/c1-2-14-9(13)12-4-3-8-7(6-12)5-10-11-8/h3,7,10-11H,2,4-6H2,1H3. The molecule has 2 aliphatic rings. The lowest BCUT2D eigenvalue weighted by atomic mass is 10.0. The van der Waals surface area contributed by atoms with E-state index in [4.69, 9.17) is 4.74 Å². The molecule has 0 aromatic heterocycles. The molecule has 0 bridgehead atoms. The van der Waals surface area contributed by atoms with Crippen molar-refractivity contribution >= 4 is 6.09 Å². The predicted molar refractivity (Wildman–Crippen MR) is 51.3 cm³/mol. The van der Waals surface area contributed by atoms with Gasteiger partial charge in [0, 0.05) is 31.2 Å². The summed E-state index contributed by atoms with van der Waals surface area (Å²) in [4.78, 5) is 13.1. The molecular weight excluding hydrogens is 182 g/mol. The zero-order chi connectivity index (χ0) is 9.97. The highest BCUT2D eigenvalue weighted by molar-refractivity contribution is 5.68. The number of ether oxygens (including phenoxy) is 1. The summed E-state index contributed by atoms with van der Waals surface area (Å²) >= 11 is 0. The number of carbonyl (C=O) groups excluding carboxylic acids is 1. The van der Waals surface area contributed by atoms with E-state index in [0.717, 1.165) is 13.1 Å². The van der Waals surface area contributed by atoms with Crippen LogP contribution in [-0.4, -0.2) is 37.2 Å². The molecule has 0 spiro atoms. The molecule has 1 fully saturated rings. The molecule has 0 radical (unpaired) electrons. The summed E-state index contributed by atoms with van der Waals surface area (Å²) in [6, 6.07) is 0. The third-order valence-corrected chi connectivity index (χ3v) is 2.52. The fraction of sp³-hybridized carbons (Fsp3) is 0.667. The van der Waals surface area contributed by atoms with Crippen molar-refractivity contribution in [2.75, 3.05) is 26.2 Å². The molecule has 0 aliphatic carbocycles. The maximum Gasteiger partial charge on any atom is 0.410 e. The number of carbonyl (C=O) groups is 1. The van der Waals surface area contributed by atoms with Crippen LogP contribution in [0, 0.1) is 5.92 Å². The fourth-order valence-electron chi connectivity index (χ4n) is 1.78. The summed E-state index contributed by atoms with van der Waals surface area (Å²) in [5, 5.41) is 0. The number of hydrogen-bond acceptors (Lipinski definition) is 4. The molecule has 2 rings (SSSR count). The number of amides is 1. The summed E-state index contributed by atoms with van der Waals surface area (Å²) in [6.07, 6.45) is 1.82. The van der Waals surface area contributed by atoms with Crippen molar-refractivity contribution in [2.45, 2.75) is 6.92 Å². The molecule has 2 aliphatic heterocycles. The Hall–Kier alpha value is -1.23. The average Bonchev–Trinajstić information content (AvgIpc) is 2.64. The van der Waals surface area contributed by atoms with Crippen LogP contribution in [0.2, 0.25) is 0 Å². The van der Waals surface area contributed by atoms with Crippen molar-refractivity contribution in [3.63, 3.8) is 0 Å². The highest BCUT2D eigenvalue weighted by Crippen LogP contribution is 2.18. The van der Waals surface area contributed by atoms with Gasteiger partial charge in [-0.05, 0) is 13.0 Å². The van der Waals surface area contributed by atoms with Gasteiger partial charge in [-0.2, -0.15) is 0 Å². The van der Waals surface area contributed by atoms with Crippen LogP contribution in [0.1, 0.15) is 6.92 Å². The second kappa shape index (κ2) is 3.88. The minimum atomic E-state index is -0.213. The second-order valence-electron chi connectivity index (χ2n) is 3.47. The van der Waals surface area contributed by atoms with Crippen molar-refractivity contribution in [1.29, 1.82) is 0 Å². The summed E-state index contributed by atoms with van der Waals surface area (Å²) in [6.45, 7) is 4.51. The maximum atomic E-state index is 11.4. The van der Waals surface area contributed by atoms with Crippen LogP contribution in [0.4, 0.5) is 4.79 Å². The van der Waals surface area contributed by atoms with Crippen LogP contribution in [-0.2, 0) is 4.74 Å². The lowest BCUT2D eigenvalue weighted by molar-refractivity contribution is 0.106. The van der Waals surface area contributed by atoms with Gasteiger partial charge in [-0.15, -0.1) is 0 Å². The van der Waals surface area contributed by atoms with Gasteiger partial charge in [0.05, 0.1) is 6.61 Å². The smallest absolute Gasteiger partial charge is 0.410 e. The second-order valence-corrected chi connectivity index (χ2v) is 3.47. The van der Waals surface area contributed by atoms with Crippen LogP contribution in [0.15, 0.2) is 11.8 Å². The first-order valence-electron chi connectivity index (χ1n) is 4.92. The Morgan fingerprint density at radius 3 is 3.43 bits per heavy atom. The molecule has 14 heavy (non-hydrogen) atoms. The van der Waals surface area contributed by atoms with Crippen molar-refractivity contribution in [2.24, 2.45) is 5.92 Å². The molecule has 1 atom stereocenters. The fourth-order valence-corrected chi connectivity index (χ4v) is 1.78. The lowest BCUT2D eigenvalue weighted by Crippen LogP contribution is -2.40.